The van der Waals surface area contributed by atoms with Gasteiger partial charge in [0.05, 0.1) is 6.20 Å². The van der Waals surface area contributed by atoms with Crippen molar-refractivity contribution in [3.63, 3.8) is 0 Å². The summed E-state index contributed by atoms with van der Waals surface area (Å²) < 4.78 is 0. The molecule has 0 amide bonds. The van der Waals surface area contributed by atoms with Crippen molar-refractivity contribution in [3.8, 4) is 28.3 Å². The molecule has 4 rings (SSSR count). The van der Waals surface area contributed by atoms with Crippen molar-refractivity contribution in [1.82, 2.24) is 30.7 Å². The van der Waals surface area contributed by atoms with Gasteiger partial charge in [-0.3, -0.25) is 5.10 Å². The summed E-state index contributed by atoms with van der Waals surface area (Å²) in [6.07, 6.45) is 6.21. The number of hydrogen-bond donors (Lipinski definition) is 3. The second kappa shape index (κ2) is 7.20. The van der Waals surface area contributed by atoms with Crippen molar-refractivity contribution in [2.75, 3.05) is 18.0 Å². The molecule has 0 aromatic carbocycles. The van der Waals surface area contributed by atoms with Crippen LogP contribution in [0.5, 0.6) is 5.75 Å². The van der Waals surface area contributed by atoms with Crippen molar-refractivity contribution < 1.29 is 5.11 Å². The SMILES string of the molecule is CC(C)(C)NC1CCN(c2ccc(-c3ncc(-c4cn[nH]c4)cc3O)nn2)C1. The van der Waals surface area contributed by atoms with Gasteiger partial charge in [0.2, 0.25) is 0 Å². The summed E-state index contributed by atoms with van der Waals surface area (Å²) in [5, 5.41) is 29.4. The molecular weight excluding hydrogens is 354 g/mol. The second-order valence-electron chi connectivity index (χ2n) is 8.18. The largest absolute Gasteiger partial charge is 0.506 e. The highest BCUT2D eigenvalue weighted by Crippen LogP contribution is 2.30. The smallest absolute Gasteiger partial charge is 0.151 e. The first-order valence-corrected chi connectivity index (χ1v) is 9.44. The first kappa shape index (κ1) is 18.4. The molecule has 1 aliphatic heterocycles. The van der Waals surface area contributed by atoms with E-state index >= 15 is 0 Å². The number of anilines is 1. The van der Waals surface area contributed by atoms with Crippen LogP contribution in [0.3, 0.4) is 0 Å². The molecule has 0 bridgehead atoms. The summed E-state index contributed by atoms with van der Waals surface area (Å²) in [5.74, 6) is 0.910. The van der Waals surface area contributed by atoms with E-state index in [1.54, 1.807) is 24.7 Å². The lowest BCUT2D eigenvalue weighted by molar-refractivity contribution is 0.373. The molecule has 3 N–H and O–H groups in total. The highest BCUT2D eigenvalue weighted by atomic mass is 16.3. The molecule has 1 atom stereocenters. The number of nitrogens with zero attached hydrogens (tertiary/aromatic N) is 5. The molecule has 0 saturated carbocycles. The van der Waals surface area contributed by atoms with Crippen molar-refractivity contribution >= 4 is 5.82 Å². The van der Waals surface area contributed by atoms with Gasteiger partial charge in [0, 0.05) is 48.2 Å². The average molecular weight is 379 g/mol. The zero-order valence-corrected chi connectivity index (χ0v) is 16.3. The quantitative estimate of drug-likeness (QED) is 0.640. The molecule has 1 unspecified atom stereocenters. The summed E-state index contributed by atoms with van der Waals surface area (Å²) in [6, 6.07) is 5.90. The summed E-state index contributed by atoms with van der Waals surface area (Å²) in [7, 11) is 0. The third-order valence-corrected chi connectivity index (χ3v) is 4.74. The lowest BCUT2D eigenvalue weighted by atomic mass is 10.1. The number of aromatic nitrogens is 5. The Morgan fingerprint density at radius 2 is 2.04 bits per heavy atom. The Hall–Kier alpha value is -3.00. The fourth-order valence-electron chi connectivity index (χ4n) is 3.54. The Labute approximate surface area is 164 Å². The number of aromatic amines is 1. The van der Waals surface area contributed by atoms with Crippen LogP contribution in [-0.4, -0.2) is 55.2 Å². The van der Waals surface area contributed by atoms with E-state index in [0.29, 0.717) is 17.4 Å². The minimum atomic E-state index is 0.0661. The number of H-pyrrole nitrogens is 1. The van der Waals surface area contributed by atoms with Crippen LogP contribution in [0.25, 0.3) is 22.5 Å². The number of nitrogens with one attached hydrogen (secondary N) is 2. The van der Waals surface area contributed by atoms with Gasteiger partial charge in [-0.05, 0) is 45.4 Å². The third kappa shape index (κ3) is 3.96. The maximum absolute atomic E-state index is 10.4. The first-order valence-electron chi connectivity index (χ1n) is 9.44. The summed E-state index contributed by atoms with van der Waals surface area (Å²) in [5.41, 5.74) is 2.71. The second-order valence-corrected chi connectivity index (χ2v) is 8.18. The molecule has 3 aromatic rings. The van der Waals surface area contributed by atoms with Crippen LogP contribution in [0.1, 0.15) is 27.2 Å². The van der Waals surface area contributed by atoms with E-state index in [2.05, 4.69) is 56.4 Å². The highest BCUT2D eigenvalue weighted by Gasteiger charge is 2.26. The monoisotopic (exact) mass is 379 g/mol. The summed E-state index contributed by atoms with van der Waals surface area (Å²) in [6.45, 7) is 8.41. The van der Waals surface area contributed by atoms with Crippen LogP contribution in [0.15, 0.2) is 36.8 Å². The molecule has 0 radical (unpaired) electrons. The lowest BCUT2D eigenvalue weighted by Crippen LogP contribution is -2.45. The molecular formula is C20H25N7O. The summed E-state index contributed by atoms with van der Waals surface area (Å²) >= 11 is 0. The standard InChI is InChI=1S/C20H25N7O/c1-20(2,3)24-15-6-7-27(12-15)18-5-4-16(25-26-18)19-17(28)8-13(9-21-19)14-10-22-23-11-14/h4-5,8-11,15,24,28H,6-7,12H2,1-3H3,(H,22,23). The summed E-state index contributed by atoms with van der Waals surface area (Å²) in [4.78, 5) is 6.60. The topological polar surface area (TPSA) is 103 Å². The molecule has 1 fully saturated rings. The zero-order valence-electron chi connectivity index (χ0n) is 16.3. The Morgan fingerprint density at radius 3 is 2.68 bits per heavy atom. The van der Waals surface area contributed by atoms with Crippen molar-refractivity contribution in [2.24, 2.45) is 0 Å². The average Bonchev–Trinajstić information content (AvgIpc) is 3.32. The van der Waals surface area contributed by atoms with Gasteiger partial charge in [0.25, 0.3) is 0 Å². The van der Waals surface area contributed by atoms with Crippen LogP contribution < -0.4 is 10.2 Å². The van der Waals surface area contributed by atoms with E-state index in [1.807, 2.05) is 12.1 Å². The molecule has 4 heterocycles. The number of aromatic hydroxyl groups is 1. The Morgan fingerprint density at radius 1 is 1.18 bits per heavy atom. The molecule has 8 heteroatoms. The van der Waals surface area contributed by atoms with Gasteiger partial charge in [-0.2, -0.15) is 5.10 Å². The van der Waals surface area contributed by atoms with Gasteiger partial charge in [0.1, 0.15) is 17.1 Å². The fraction of sp³-hybridized carbons (Fsp3) is 0.400. The van der Waals surface area contributed by atoms with Gasteiger partial charge in [-0.25, -0.2) is 4.98 Å². The molecule has 146 valence electrons. The van der Waals surface area contributed by atoms with Crippen molar-refractivity contribution in [2.45, 2.75) is 38.8 Å². The van der Waals surface area contributed by atoms with E-state index in [1.165, 1.54) is 0 Å². The van der Waals surface area contributed by atoms with Crippen LogP contribution in [0.2, 0.25) is 0 Å². The van der Waals surface area contributed by atoms with Gasteiger partial charge in [0.15, 0.2) is 5.82 Å². The normalized spacial score (nSPS) is 17.2. The number of pyridine rings is 1. The van der Waals surface area contributed by atoms with Gasteiger partial charge < -0.3 is 15.3 Å². The first-order chi connectivity index (χ1) is 13.4. The molecule has 1 saturated heterocycles. The van der Waals surface area contributed by atoms with Gasteiger partial charge in [-0.15, -0.1) is 10.2 Å². The Balaban J connectivity index is 1.48. The van der Waals surface area contributed by atoms with Crippen molar-refractivity contribution in [1.29, 1.82) is 0 Å². The fourth-order valence-corrected chi connectivity index (χ4v) is 3.54. The van der Waals surface area contributed by atoms with Gasteiger partial charge >= 0.3 is 0 Å². The van der Waals surface area contributed by atoms with Crippen LogP contribution in [0.4, 0.5) is 5.82 Å². The van der Waals surface area contributed by atoms with Crippen molar-refractivity contribution in [3.05, 3.63) is 36.8 Å². The van der Waals surface area contributed by atoms with E-state index in [9.17, 15) is 5.11 Å². The third-order valence-electron chi connectivity index (χ3n) is 4.74. The maximum Gasteiger partial charge on any atom is 0.151 e. The number of hydrogen-bond acceptors (Lipinski definition) is 7. The van der Waals surface area contributed by atoms with E-state index in [0.717, 1.165) is 36.5 Å². The Bertz CT molecular complexity index is 932. The molecule has 3 aromatic heterocycles. The number of rotatable bonds is 4. The van der Waals surface area contributed by atoms with Crippen LogP contribution in [-0.2, 0) is 0 Å². The van der Waals surface area contributed by atoms with E-state index < -0.39 is 0 Å². The van der Waals surface area contributed by atoms with Gasteiger partial charge in [-0.1, -0.05) is 0 Å². The lowest BCUT2D eigenvalue weighted by Gasteiger charge is -2.26. The van der Waals surface area contributed by atoms with E-state index in [4.69, 9.17) is 0 Å². The van der Waals surface area contributed by atoms with Crippen LogP contribution >= 0.6 is 0 Å². The molecule has 0 aliphatic carbocycles. The maximum atomic E-state index is 10.4. The minimum absolute atomic E-state index is 0.0661. The molecule has 8 nitrogen and oxygen atoms in total. The Kier molecular flexibility index (Phi) is 4.72. The van der Waals surface area contributed by atoms with E-state index in [-0.39, 0.29) is 11.3 Å². The zero-order chi connectivity index (χ0) is 19.7. The predicted octanol–water partition coefficient (Wildman–Crippen LogP) is 2.60. The molecule has 0 spiro atoms. The van der Waals surface area contributed by atoms with Crippen LogP contribution in [0, 0.1) is 0 Å². The highest BCUT2D eigenvalue weighted by molar-refractivity contribution is 5.69. The predicted molar refractivity (Wildman–Crippen MR) is 108 cm³/mol. The molecule has 28 heavy (non-hydrogen) atoms. The molecule has 1 aliphatic rings. The minimum Gasteiger partial charge on any atom is -0.506 e.